The molecule has 0 aliphatic rings. The van der Waals surface area contributed by atoms with Crippen molar-refractivity contribution in [3.63, 3.8) is 0 Å². The lowest BCUT2D eigenvalue weighted by atomic mass is 9.95. The Hall–Kier alpha value is -2.62. The molecule has 0 aliphatic carbocycles. The molecule has 3 aromatic heterocycles. The summed E-state index contributed by atoms with van der Waals surface area (Å²) >= 11 is 0. The van der Waals surface area contributed by atoms with Crippen molar-refractivity contribution < 1.29 is 0 Å². The van der Waals surface area contributed by atoms with Gasteiger partial charge in [-0.3, -0.25) is 0 Å². The molecule has 0 saturated heterocycles. The largest absolute Gasteiger partial charge is 0.342 e. The van der Waals surface area contributed by atoms with Crippen LogP contribution in [0.1, 0.15) is 55.1 Å². The first kappa shape index (κ1) is 17.8. The SMILES string of the molecule is CCC(CC)c1cc(C)nn2c(-c3cc4cccc(C)c4n3C)c(C)nc12. The molecule has 27 heavy (non-hydrogen) atoms. The van der Waals surface area contributed by atoms with Gasteiger partial charge in [-0.25, -0.2) is 9.50 Å². The van der Waals surface area contributed by atoms with E-state index in [1.165, 1.54) is 22.0 Å². The molecule has 0 amide bonds. The van der Waals surface area contributed by atoms with E-state index in [9.17, 15) is 0 Å². The Labute approximate surface area is 160 Å². The van der Waals surface area contributed by atoms with Crippen molar-refractivity contribution in [3.05, 3.63) is 52.8 Å². The van der Waals surface area contributed by atoms with Gasteiger partial charge < -0.3 is 4.57 Å². The number of hydrogen-bond acceptors (Lipinski definition) is 2. The number of hydrogen-bond donors (Lipinski definition) is 0. The van der Waals surface area contributed by atoms with Crippen molar-refractivity contribution in [2.24, 2.45) is 7.05 Å². The molecule has 4 nitrogen and oxygen atoms in total. The number of aryl methyl sites for hydroxylation is 4. The van der Waals surface area contributed by atoms with E-state index in [1.807, 2.05) is 0 Å². The Bertz CT molecular complexity index is 1140. The molecular weight excluding hydrogens is 332 g/mol. The maximum atomic E-state index is 4.97. The fourth-order valence-electron chi connectivity index (χ4n) is 4.45. The zero-order valence-electron chi connectivity index (χ0n) is 17.2. The average Bonchev–Trinajstić information content (AvgIpc) is 3.13. The van der Waals surface area contributed by atoms with Crippen LogP contribution in [0, 0.1) is 20.8 Å². The summed E-state index contributed by atoms with van der Waals surface area (Å²) in [5, 5.41) is 6.12. The van der Waals surface area contributed by atoms with Gasteiger partial charge in [0.1, 0.15) is 5.69 Å². The van der Waals surface area contributed by atoms with Gasteiger partial charge in [-0.2, -0.15) is 5.10 Å². The highest BCUT2D eigenvalue weighted by Crippen LogP contribution is 2.34. The highest BCUT2D eigenvalue weighted by molar-refractivity contribution is 5.89. The Morgan fingerprint density at radius 2 is 1.78 bits per heavy atom. The van der Waals surface area contributed by atoms with Gasteiger partial charge in [0, 0.05) is 18.0 Å². The molecular formula is C23H28N4. The Balaban J connectivity index is 2.05. The van der Waals surface area contributed by atoms with Crippen molar-refractivity contribution in [1.29, 1.82) is 0 Å². The summed E-state index contributed by atoms with van der Waals surface area (Å²) < 4.78 is 4.35. The van der Waals surface area contributed by atoms with E-state index in [0.717, 1.165) is 41.3 Å². The highest BCUT2D eigenvalue weighted by atomic mass is 15.3. The van der Waals surface area contributed by atoms with Crippen LogP contribution in [-0.4, -0.2) is 19.2 Å². The molecule has 0 radical (unpaired) electrons. The van der Waals surface area contributed by atoms with Crippen LogP contribution in [0.25, 0.3) is 27.9 Å². The fraction of sp³-hybridized carbons (Fsp3) is 0.391. The Kier molecular flexibility index (Phi) is 4.29. The van der Waals surface area contributed by atoms with Gasteiger partial charge in [0.2, 0.25) is 0 Å². The van der Waals surface area contributed by atoms with Gasteiger partial charge in [0.15, 0.2) is 5.65 Å². The molecule has 3 heterocycles. The summed E-state index contributed by atoms with van der Waals surface area (Å²) in [6.07, 6.45) is 2.23. The maximum Gasteiger partial charge on any atom is 0.158 e. The topological polar surface area (TPSA) is 35.1 Å². The minimum absolute atomic E-state index is 0.513. The molecule has 0 fully saturated rings. The predicted octanol–water partition coefficient (Wildman–Crippen LogP) is 5.72. The van der Waals surface area contributed by atoms with E-state index in [0.29, 0.717) is 5.92 Å². The third-order valence-corrected chi connectivity index (χ3v) is 5.84. The maximum absolute atomic E-state index is 4.97. The number of fused-ring (bicyclic) bond motifs is 2. The monoisotopic (exact) mass is 360 g/mol. The van der Waals surface area contributed by atoms with Crippen LogP contribution in [0.15, 0.2) is 30.3 Å². The molecule has 4 heteroatoms. The van der Waals surface area contributed by atoms with E-state index >= 15 is 0 Å². The van der Waals surface area contributed by atoms with E-state index < -0.39 is 0 Å². The normalized spacial score (nSPS) is 12.0. The van der Waals surface area contributed by atoms with Crippen LogP contribution >= 0.6 is 0 Å². The molecule has 1 aromatic carbocycles. The van der Waals surface area contributed by atoms with Crippen molar-refractivity contribution in [3.8, 4) is 11.4 Å². The number of benzene rings is 1. The average molecular weight is 361 g/mol. The highest BCUT2D eigenvalue weighted by Gasteiger charge is 2.21. The minimum atomic E-state index is 0.513. The number of imidazole rings is 1. The number of rotatable bonds is 4. The van der Waals surface area contributed by atoms with Crippen LogP contribution in [0.3, 0.4) is 0 Å². The third kappa shape index (κ3) is 2.66. The summed E-state index contributed by atoms with van der Waals surface area (Å²) in [5.74, 6) is 0.513. The van der Waals surface area contributed by atoms with Gasteiger partial charge in [-0.05, 0) is 57.2 Å². The second-order valence-electron chi connectivity index (χ2n) is 7.64. The van der Waals surface area contributed by atoms with Gasteiger partial charge >= 0.3 is 0 Å². The number of nitrogens with zero attached hydrogens (tertiary/aromatic N) is 4. The van der Waals surface area contributed by atoms with Crippen LogP contribution in [0.5, 0.6) is 0 Å². The van der Waals surface area contributed by atoms with Crippen molar-refractivity contribution in [2.45, 2.75) is 53.4 Å². The first-order valence-corrected chi connectivity index (χ1v) is 9.88. The van der Waals surface area contributed by atoms with Gasteiger partial charge in [-0.15, -0.1) is 0 Å². The van der Waals surface area contributed by atoms with Gasteiger partial charge in [0.05, 0.1) is 22.6 Å². The van der Waals surface area contributed by atoms with Crippen molar-refractivity contribution in [1.82, 2.24) is 19.2 Å². The van der Waals surface area contributed by atoms with Gasteiger partial charge in [-0.1, -0.05) is 32.0 Å². The molecule has 140 valence electrons. The molecule has 0 spiro atoms. The predicted molar refractivity (Wildman–Crippen MR) is 112 cm³/mol. The summed E-state index contributed by atoms with van der Waals surface area (Å²) in [6, 6.07) is 10.9. The van der Waals surface area contributed by atoms with Gasteiger partial charge in [0.25, 0.3) is 0 Å². The lowest BCUT2D eigenvalue weighted by molar-refractivity contribution is 0.638. The second kappa shape index (κ2) is 6.52. The smallest absolute Gasteiger partial charge is 0.158 e. The van der Waals surface area contributed by atoms with Crippen molar-refractivity contribution >= 4 is 16.6 Å². The van der Waals surface area contributed by atoms with E-state index in [1.54, 1.807) is 0 Å². The van der Waals surface area contributed by atoms with Crippen LogP contribution in [0.2, 0.25) is 0 Å². The quantitative estimate of drug-likeness (QED) is 0.467. The molecule has 0 saturated carbocycles. The van der Waals surface area contributed by atoms with E-state index in [-0.39, 0.29) is 0 Å². The first-order chi connectivity index (χ1) is 13.0. The Morgan fingerprint density at radius 3 is 2.44 bits per heavy atom. The summed E-state index contributed by atoms with van der Waals surface area (Å²) in [7, 11) is 2.14. The number of para-hydroxylation sites is 1. The lowest BCUT2D eigenvalue weighted by Gasteiger charge is -2.15. The molecule has 0 aliphatic heterocycles. The fourth-order valence-corrected chi connectivity index (χ4v) is 4.45. The summed E-state index contributed by atoms with van der Waals surface area (Å²) in [6.45, 7) is 10.9. The number of aromatic nitrogens is 4. The van der Waals surface area contributed by atoms with E-state index in [2.05, 4.69) is 81.1 Å². The molecule has 0 N–H and O–H groups in total. The summed E-state index contributed by atoms with van der Waals surface area (Å²) in [5.41, 5.74) is 9.21. The zero-order valence-corrected chi connectivity index (χ0v) is 17.2. The Morgan fingerprint density at radius 1 is 1.04 bits per heavy atom. The standard InChI is InChI=1S/C23H28N4/c1-7-17(8-2)19-12-15(4)25-27-22(16(5)24-23(19)27)20-13-18-11-9-10-14(3)21(18)26(20)6/h9-13,17H,7-8H2,1-6H3. The molecule has 4 rings (SSSR count). The third-order valence-electron chi connectivity index (χ3n) is 5.84. The lowest BCUT2D eigenvalue weighted by Crippen LogP contribution is -2.06. The first-order valence-electron chi connectivity index (χ1n) is 9.88. The second-order valence-corrected chi connectivity index (χ2v) is 7.64. The van der Waals surface area contributed by atoms with Crippen molar-refractivity contribution in [2.75, 3.05) is 0 Å². The molecule has 0 unspecified atom stereocenters. The molecule has 4 aromatic rings. The van der Waals surface area contributed by atoms with Crippen LogP contribution in [0.4, 0.5) is 0 Å². The van der Waals surface area contributed by atoms with Crippen LogP contribution in [-0.2, 0) is 7.05 Å². The minimum Gasteiger partial charge on any atom is -0.342 e. The molecule has 0 bridgehead atoms. The van der Waals surface area contributed by atoms with Crippen LogP contribution < -0.4 is 0 Å². The summed E-state index contributed by atoms with van der Waals surface area (Å²) in [4.78, 5) is 4.97. The zero-order chi connectivity index (χ0) is 19.3. The molecule has 0 atom stereocenters. The van der Waals surface area contributed by atoms with E-state index in [4.69, 9.17) is 10.1 Å².